The predicted molar refractivity (Wildman–Crippen MR) is 130 cm³/mol. The molecule has 1 heterocycles. The number of rotatable bonds is 10. The van der Waals surface area contributed by atoms with Crippen molar-refractivity contribution in [3.05, 3.63) is 48.0 Å². The van der Waals surface area contributed by atoms with E-state index in [1.165, 1.54) is 46.3 Å². The van der Waals surface area contributed by atoms with Gasteiger partial charge in [-0.3, -0.25) is 19.2 Å². The molecule has 11 heteroatoms. The Hall–Kier alpha value is -3.96. The zero-order chi connectivity index (χ0) is 26.4. The lowest BCUT2D eigenvalue weighted by Gasteiger charge is -2.30. The standard InChI is InChI=1S/C25H29N3O8/c1-15(29)26-17-7-9-18(10-8-17)28-22(30)13-19(25(28)32)27(14-23(35-4)36-5)24(31)16-6-11-20(33-2)21(12-16)34-3/h6-12,19,23H,13-14H2,1-5H3,(H,26,29). The number of hydrogen-bond donors (Lipinski definition) is 1. The van der Waals surface area contributed by atoms with Crippen LogP contribution in [0.1, 0.15) is 23.7 Å². The Bertz CT molecular complexity index is 1130. The summed E-state index contributed by atoms with van der Waals surface area (Å²) >= 11 is 0. The monoisotopic (exact) mass is 499 g/mol. The minimum atomic E-state index is -1.08. The number of carbonyl (C=O) groups excluding carboxylic acids is 4. The van der Waals surface area contributed by atoms with E-state index in [4.69, 9.17) is 18.9 Å². The minimum absolute atomic E-state index is 0.0980. The summed E-state index contributed by atoms with van der Waals surface area (Å²) in [6.07, 6.45) is -1.05. The zero-order valence-electron chi connectivity index (χ0n) is 20.8. The molecule has 2 aromatic rings. The fourth-order valence-corrected chi connectivity index (χ4v) is 3.92. The van der Waals surface area contributed by atoms with Gasteiger partial charge in [0.1, 0.15) is 6.04 Å². The number of methoxy groups -OCH3 is 4. The van der Waals surface area contributed by atoms with E-state index in [2.05, 4.69) is 5.32 Å². The summed E-state index contributed by atoms with van der Waals surface area (Å²) in [4.78, 5) is 53.6. The van der Waals surface area contributed by atoms with E-state index in [0.29, 0.717) is 22.9 Å². The van der Waals surface area contributed by atoms with Crippen LogP contribution in [0.15, 0.2) is 42.5 Å². The molecule has 1 fully saturated rings. The molecule has 0 radical (unpaired) electrons. The number of imide groups is 1. The number of anilines is 2. The third-order valence-corrected chi connectivity index (χ3v) is 5.71. The summed E-state index contributed by atoms with van der Waals surface area (Å²) in [5.41, 5.74) is 1.09. The second-order valence-corrected chi connectivity index (χ2v) is 7.94. The lowest BCUT2D eigenvalue weighted by molar-refractivity contribution is -0.128. The van der Waals surface area contributed by atoms with E-state index in [-0.39, 0.29) is 24.4 Å². The van der Waals surface area contributed by atoms with Gasteiger partial charge in [-0.05, 0) is 42.5 Å². The van der Waals surface area contributed by atoms with Gasteiger partial charge < -0.3 is 29.2 Å². The van der Waals surface area contributed by atoms with E-state index >= 15 is 0 Å². The number of ether oxygens (including phenoxy) is 4. The maximum atomic E-state index is 13.6. The smallest absolute Gasteiger partial charge is 0.257 e. The van der Waals surface area contributed by atoms with Crippen LogP contribution in [-0.4, -0.2) is 75.8 Å². The van der Waals surface area contributed by atoms with Crippen molar-refractivity contribution < 1.29 is 38.1 Å². The summed E-state index contributed by atoms with van der Waals surface area (Å²) < 4.78 is 21.1. The molecule has 0 saturated carbocycles. The average Bonchev–Trinajstić information content (AvgIpc) is 3.17. The third-order valence-electron chi connectivity index (χ3n) is 5.71. The number of nitrogens with zero attached hydrogens (tertiary/aromatic N) is 2. The lowest BCUT2D eigenvalue weighted by atomic mass is 10.1. The Morgan fingerprint density at radius 2 is 1.64 bits per heavy atom. The first kappa shape index (κ1) is 26.6. The van der Waals surface area contributed by atoms with Gasteiger partial charge in [0, 0.05) is 32.4 Å². The third kappa shape index (κ3) is 5.64. The SMILES string of the molecule is COc1ccc(C(=O)N(CC(OC)OC)C2CC(=O)N(c3ccc(NC(C)=O)cc3)C2=O)cc1OC. The highest BCUT2D eigenvalue weighted by atomic mass is 16.7. The zero-order valence-corrected chi connectivity index (χ0v) is 20.8. The molecule has 3 rings (SSSR count). The number of benzene rings is 2. The molecule has 1 aliphatic rings. The van der Waals surface area contributed by atoms with Gasteiger partial charge >= 0.3 is 0 Å². The number of hydrogen-bond acceptors (Lipinski definition) is 8. The summed E-state index contributed by atoms with van der Waals surface area (Å²) in [7, 11) is 5.76. The van der Waals surface area contributed by atoms with Crippen LogP contribution in [0.5, 0.6) is 11.5 Å². The molecule has 36 heavy (non-hydrogen) atoms. The first-order chi connectivity index (χ1) is 17.2. The van der Waals surface area contributed by atoms with Gasteiger partial charge in [0.15, 0.2) is 17.8 Å². The van der Waals surface area contributed by atoms with Crippen molar-refractivity contribution in [2.75, 3.05) is 45.2 Å². The number of amides is 4. The molecular formula is C25H29N3O8. The summed E-state index contributed by atoms with van der Waals surface area (Å²) in [6.45, 7) is 1.28. The van der Waals surface area contributed by atoms with Crippen LogP contribution in [0.3, 0.4) is 0 Å². The van der Waals surface area contributed by atoms with Crippen molar-refractivity contribution in [2.24, 2.45) is 0 Å². The fourth-order valence-electron chi connectivity index (χ4n) is 3.92. The summed E-state index contributed by atoms with van der Waals surface area (Å²) in [6, 6.07) is 9.83. The molecule has 0 aromatic heterocycles. The molecule has 1 unspecified atom stereocenters. The van der Waals surface area contributed by atoms with Gasteiger partial charge in [-0.25, -0.2) is 4.90 Å². The molecule has 192 valence electrons. The first-order valence-corrected chi connectivity index (χ1v) is 11.1. The Morgan fingerprint density at radius 3 is 2.19 bits per heavy atom. The highest BCUT2D eigenvalue weighted by molar-refractivity contribution is 6.23. The van der Waals surface area contributed by atoms with Crippen molar-refractivity contribution in [3.63, 3.8) is 0 Å². The highest BCUT2D eigenvalue weighted by Crippen LogP contribution is 2.31. The molecule has 1 N–H and O–H groups in total. The molecule has 4 amide bonds. The highest BCUT2D eigenvalue weighted by Gasteiger charge is 2.45. The Morgan fingerprint density at radius 1 is 1.00 bits per heavy atom. The van der Waals surface area contributed by atoms with E-state index in [1.54, 1.807) is 36.4 Å². The minimum Gasteiger partial charge on any atom is -0.493 e. The molecule has 2 aromatic carbocycles. The fraction of sp³-hybridized carbons (Fsp3) is 0.360. The first-order valence-electron chi connectivity index (χ1n) is 11.1. The largest absolute Gasteiger partial charge is 0.493 e. The van der Waals surface area contributed by atoms with Gasteiger partial charge in [0.25, 0.3) is 11.8 Å². The quantitative estimate of drug-likeness (QED) is 0.389. The van der Waals surface area contributed by atoms with E-state index in [1.807, 2.05) is 0 Å². The van der Waals surface area contributed by atoms with Gasteiger partial charge in [-0.2, -0.15) is 0 Å². The van der Waals surface area contributed by atoms with Crippen LogP contribution in [0.25, 0.3) is 0 Å². The molecular weight excluding hydrogens is 470 g/mol. The summed E-state index contributed by atoms with van der Waals surface area (Å²) in [5, 5.41) is 2.63. The van der Waals surface area contributed by atoms with Crippen molar-refractivity contribution >= 4 is 35.0 Å². The van der Waals surface area contributed by atoms with E-state index in [9.17, 15) is 19.2 Å². The maximum Gasteiger partial charge on any atom is 0.257 e. The van der Waals surface area contributed by atoms with Crippen molar-refractivity contribution in [3.8, 4) is 11.5 Å². The number of carbonyl (C=O) groups is 4. The van der Waals surface area contributed by atoms with Crippen molar-refractivity contribution in [2.45, 2.75) is 25.7 Å². The molecule has 1 atom stereocenters. The van der Waals surface area contributed by atoms with E-state index in [0.717, 1.165) is 4.90 Å². The van der Waals surface area contributed by atoms with Crippen LogP contribution in [0.4, 0.5) is 11.4 Å². The second-order valence-electron chi connectivity index (χ2n) is 7.94. The summed E-state index contributed by atoms with van der Waals surface area (Å²) in [5.74, 6) is -1.00. The van der Waals surface area contributed by atoms with E-state index < -0.39 is 30.1 Å². The Labute approximate surface area is 208 Å². The molecule has 11 nitrogen and oxygen atoms in total. The molecule has 1 saturated heterocycles. The van der Waals surface area contributed by atoms with Gasteiger partial charge in [0.05, 0.1) is 32.9 Å². The molecule has 1 aliphatic heterocycles. The van der Waals surface area contributed by atoms with Crippen LogP contribution < -0.4 is 19.7 Å². The van der Waals surface area contributed by atoms with Crippen LogP contribution >= 0.6 is 0 Å². The Balaban J connectivity index is 1.93. The molecule has 0 aliphatic carbocycles. The average molecular weight is 500 g/mol. The second kappa shape index (κ2) is 11.6. The van der Waals surface area contributed by atoms with Crippen LogP contribution in [0, 0.1) is 0 Å². The van der Waals surface area contributed by atoms with Gasteiger partial charge in [-0.15, -0.1) is 0 Å². The number of nitrogens with one attached hydrogen (secondary N) is 1. The van der Waals surface area contributed by atoms with Gasteiger partial charge in [-0.1, -0.05) is 0 Å². The van der Waals surface area contributed by atoms with Crippen LogP contribution in [-0.2, 0) is 23.9 Å². The normalized spacial score (nSPS) is 15.3. The lowest BCUT2D eigenvalue weighted by Crippen LogP contribution is -2.49. The van der Waals surface area contributed by atoms with Crippen LogP contribution in [0.2, 0.25) is 0 Å². The van der Waals surface area contributed by atoms with Crippen molar-refractivity contribution in [1.29, 1.82) is 0 Å². The van der Waals surface area contributed by atoms with Crippen molar-refractivity contribution in [1.82, 2.24) is 4.90 Å². The molecule has 0 bridgehead atoms. The maximum absolute atomic E-state index is 13.6. The topological polar surface area (TPSA) is 124 Å². The van der Waals surface area contributed by atoms with Gasteiger partial charge in [0.2, 0.25) is 11.8 Å². The Kier molecular flexibility index (Phi) is 8.62. The predicted octanol–water partition coefficient (Wildman–Crippen LogP) is 2.06. The molecule has 0 spiro atoms.